The zero-order valence-corrected chi connectivity index (χ0v) is 18.0. The first-order chi connectivity index (χ1) is 11.3. The van der Waals surface area contributed by atoms with Gasteiger partial charge in [0.25, 0.3) is 0 Å². The second-order valence-corrected chi connectivity index (χ2v) is 10.5. The Morgan fingerprint density at radius 1 is 0.826 bits per heavy atom. The lowest BCUT2D eigenvalue weighted by Crippen LogP contribution is -2.01. The molecule has 136 valence electrons. The van der Waals surface area contributed by atoms with Gasteiger partial charge in [-0.2, -0.15) is 0 Å². The molecule has 0 amide bonds. The summed E-state index contributed by atoms with van der Waals surface area (Å²) in [6.45, 7) is 3.93. The summed E-state index contributed by atoms with van der Waals surface area (Å²) in [5.74, 6) is -0.300. The highest BCUT2D eigenvalue weighted by Gasteiger charge is 1.96. The molecule has 0 radical (unpaired) electrons. The molecule has 0 bridgehead atoms. The van der Waals surface area contributed by atoms with E-state index in [0.29, 0.717) is 6.61 Å². The van der Waals surface area contributed by atoms with Gasteiger partial charge >= 0.3 is 5.97 Å². The molecule has 0 heterocycles. The minimum Gasteiger partial charge on any atom is -0.463 e. The van der Waals surface area contributed by atoms with E-state index in [1.165, 1.54) is 94.1 Å². The van der Waals surface area contributed by atoms with Crippen LogP contribution in [0.5, 0.6) is 0 Å². The second-order valence-electron chi connectivity index (χ2n) is 6.36. The van der Waals surface area contributed by atoms with Crippen molar-refractivity contribution in [1.29, 1.82) is 0 Å². The standard InChI is InChI=1S/C19H37BrO2Si/c1-2-19(21)22-16-14-12-10-8-6-4-3-5-7-9-11-13-15-17-23-18-20/h2H,1,3-18,23H2. The molecule has 0 saturated heterocycles. The van der Waals surface area contributed by atoms with Crippen LogP contribution in [0.4, 0.5) is 0 Å². The number of halogens is 1. The zero-order chi connectivity index (χ0) is 17.0. The Balaban J connectivity index is 3.00. The summed E-state index contributed by atoms with van der Waals surface area (Å²) in [5.41, 5.74) is 0. The molecule has 4 heteroatoms. The van der Waals surface area contributed by atoms with Gasteiger partial charge in [-0.3, -0.25) is 0 Å². The minimum atomic E-state index is -0.300. The highest BCUT2D eigenvalue weighted by molar-refractivity contribution is 9.09. The van der Waals surface area contributed by atoms with Crippen molar-refractivity contribution in [2.24, 2.45) is 0 Å². The molecule has 0 saturated carbocycles. The molecule has 0 atom stereocenters. The normalized spacial score (nSPS) is 11.2. The number of unbranched alkanes of at least 4 members (excludes halogenated alkanes) is 12. The highest BCUT2D eigenvalue weighted by Crippen LogP contribution is 2.13. The van der Waals surface area contributed by atoms with Crippen LogP contribution in [-0.2, 0) is 9.53 Å². The molecular weight excluding hydrogens is 368 g/mol. The monoisotopic (exact) mass is 404 g/mol. The Bertz CT molecular complexity index is 272. The SMILES string of the molecule is C=CC(=O)OCCCCCCCCCCCCCCC[SiH2]CBr. The van der Waals surface area contributed by atoms with Crippen LogP contribution in [0.15, 0.2) is 12.7 Å². The summed E-state index contributed by atoms with van der Waals surface area (Å²) in [7, 11) is 0.244. The van der Waals surface area contributed by atoms with Crippen molar-refractivity contribution in [1.82, 2.24) is 0 Å². The number of alkyl halides is 1. The molecule has 2 nitrogen and oxygen atoms in total. The molecular formula is C19H37BrO2Si. The number of esters is 1. The fraction of sp³-hybridized carbons (Fsp3) is 0.842. The van der Waals surface area contributed by atoms with Gasteiger partial charge in [-0.25, -0.2) is 4.79 Å². The van der Waals surface area contributed by atoms with Gasteiger partial charge in [-0.05, 0) is 11.4 Å². The van der Waals surface area contributed by atoms with Crippen LogP contribution in [0.25, 0.3) is 0 Å². The van der Waals surface area contributed by atoms with Crippen molar-refractivity contribution in [2.75, 3.05) is 11.6 Å². The Kier molecular flexibility index (Phi) is 19.9. The lowest BCUT2D eigenvalue weighted by atomic mass is 10.0. The van der Waals surface area contributed by atoms with E-state index in [4.69, 9.17) is 4.74 Å². The molecule has 0 aromatic carbocycles. The molecule has 0 N–H and O–H groups in total. The van der Waals surface area contributed by atoms with Gasteiger partial charge in [0.1, 0.15) is 0 Å². The third-order valence-corrected chi connectivity index (χ3v) is 7.14. The third-order valence-electron chi connectivity index (χ3n) is 4.19. The maximum atomic E-state index is 10.8. The van der Waals surface area contributed by atoms with E-state index in [9.17, 15) is 4.79 Å². The topological polar surface area (TPSA) is 26.3 Å². The fourth-order valence-corrected chi connectivity index (χ4v) is 4.81. The molecule has 0 aliphatic rings. The van der Waals surface area contributed by atoms with E-state index < -0.39 is 0 Å². The number of ether oxygens (including phenoxy) is 1. The summed E-state index contributed by atoms with van der Waals surface area (Å²) in [6, 6.07) is 1.53. The molecule has 0 aliphatic heterocycles. The van der Waals surface area contributed by atoms with Crippen molar-refractivity contribution in [3.8, 4) is 0 Å². The van der Waals surface area contributed by atoms with Gasteiger partial charge in [0.15, 0.2) is 0 Å². The fourth-order valence-electron chi connectivity index (χ4n) is 2.73. The summed E-state index contributed by atoms with van der Waals surface area (Å²) in [4.78, 5) is 12.1. The van der Waals surface area contributed by atoms with E-state index in [-0.39, 0.29) is 15.5 Å². The van der Waals surface area contributed by atoms with Crippen LogP contribution in [-0.4, -0.2) is 27.0 Å². The summed E-state index contributed by atoms with van der Waals surface area (Å²) < 4.78 is 4.95. The van der Waals surface area contributed by atoms with Gasteiger partial charge < -0.3 is 4.74 Å². The summed E-state index contributed by atoms with van der Waals surface area (Å²) in [6.07, 6.45) is 18.8. The molecule has 0 unspecified atom stereocenters. The van der Waals surface area contributed by atoms with Crippen molar-refractivity contribution in [3.63, 3.8) is 0 Å². The van der Waals surface area contributed by atoms with Gasteiger partial charge in [-0.15, -0.1) is 0 Å². The molecule has 0 aromatic heterocycles. The quantitative estimate of drug-likeness (QED) is 0.0957. The predicted molar refractivity (Wildman–Crippen MR) is 108 cm³/mol. The smallest absolute Gasteiger partial charge is 0.330 e. The number of hydrogen-bond acceptors (Lipinski definition) is 2. The van der Waals surface area contributed by atoms with Gasteiger partial charge in [0.05, 0.1) is 6.61 Å². The highest BCUT2D eigenvalue weighted by atomic mass is 79.9. The maximum absolute atomic E-state index is 10.8. The van der Waals surface area contributed by atoms with E-state index >= 15 is 0 Å². The molecule has 0 rings (SSSR count). The first-order valence-corrected chi connectivity index (χ1v) is 12.8. The molecule has 0 aromatic rings. The molecule has 23 heavy (non-hydrogen) atoms. The van der Waals surface area contributed by atoms with E-state index in [2.05, 4.69) is 22.5 Å². The number of hydrogen-bond donors (Lipinski definition) is 0. The van der Waals surface area contributed by atoms with E-state index in [0.717, 1.165) is 6.42 Å². The number of carbonyl (C=O) groups is 1. The van der Waals surface area contributed by atoms with Crippen LogP contribution in [0.2, 0.25) is 6.04 Å². The first kappa shape index (κ1) is 22.9. The molecule has 0 aliphatic carbocycles. The predicted octanol–water partition coefficient (Wildman–Crippen LogP) is 5.73. The Hall–Kier alpha value is -0.0931. The van der Waals surface area contributed by atoms with Gasteiger partial charge in [-0.1, -0.05) is 106 Å². The van der Waals surface area contributed by atoms with E-state index in [1.807, 2.05) is 0 Å². The van der Waals surface area contributed by atoms with Crippen LogP contribution >= 0.6 is 15.9 Å². The second kappa shape index (κ2) is 20.0. The Morgan fingerprint density at radius 3 is 1.70 bits per heavy atom. The largest absolute Gasteiger partial charge is 0.463 e. The van der Waals surface area contributed by atoms with Crippen molar-refractivity contribution in [3.05, 3.63) is 12.7 Å². The maximum Gasteiger partial charge on any atom is 0.330 e. The molecule has 0 fully saturated rings. The average molecular weight is 405 g/mol. The van der Waals surface area contributed by atoms with Crippen molar-refractivity contribution in [2.45, 2.75) is 89.5 Å². The van der Waals surface area contributed by atoms with Gasteiger partial charge in [0.2, 0.25) is 0 Å². The Morgan fingerprint density at radius 2 is 1.26 bits per heavy atom. The third kappa shape index (κ3) is 19.9. The average Bonchev–Trinajstić information content (AvgIpc) is 2.57. The van der Waals surface area contributed by atoms with Crippen molar-refractivity contribution >= 4 is 31.4 Å². The van der Waals surface area contributed by atoms with Crippen LogP contribution in [0.1, 0.15) is 83.5 Å². The van der Waals surface area contributed by atoms with E-state index in [1.54, 1.807) is 0 Å². The summed E-state index contributed by atoms with van der Waals surface area (Å²) >= 11 is 3.54. The summed E-state index contributed by atoms with van der Waals surface area (Å²) in [5, 5.41) is 0. The first-order valence-electron chi connectivity index (χ1n) is 9.66. The Labute approximate surface area is 154 Å². The lowest BCUT2D eigenvalue weighted by Gasteiger charge is -2.04. The molecule has 0 spiro atoms. The van der Waals surface area contributed by atoms with Crippen LogP contribution in [0, 0.1) is 0 Å². The van der Waals surface area contributed by atoms with Gasteiger partial charge in [0, 0.05) is 15.6 Å². The number of carbonyl (C=O) groups excluding carboxylic acids is 1. The van der Waals surface area contributed by atoms with Crippen molar-refractivity contribution < 1.29 is 9.53 Å². The van der Waals surface area contributed by atoms with Crippen LogP contribution < -0.4 is 0 Å². The number of rotatable bonds is 18. The minimum absolute atomic E-state index is 0.244. The lowest BCUT2D eigenvalue weighted by molar-refractivity contribution is -0.137. The van der Waals surface area contributed by atoms with Crippen LogP contribution in [0.3, 0.4) is 0 Å². The zero-order valence-electron chi connectivity index (χ0n) is 15.0.